The third-order valence-corrected chi connectivity index (χ3v) is 5.87. The van der Waals surface area contributed by atoms with Crippen molar-refractivity contribution in [1.82, 2.24) is 9.78 Å². The average Bonchev–Trinajstić information content (AvgIpc) is 3.09. The smallest absolute Gasteiger partial charge is 0.257 e. The molecule has 0 saturated carbocycles. The predicted octanol–water partition coefficient (Wildman–Crippen LogP) is 1.86. The van der Waals surface area contributed by atoms with Crippen LogP contribution in [0.1, 0.15) is 28.5 Å². The number of carbonyl (C=O) groups is 1. The Bertz CT molecular complexity index is 763. The number of hydrogen-bond donors (Lipinski definition) is 1. The van der Waals surface area contributed by atoms with Crippen LogP contribution in [0.15, 0.2) is 22.9 Å². The molecule has 1 atom stereocenters. The van der Waals surface area contributed by atoms with Crippen LogP contribution in [0.5, 0.6) is 0 Å². The molecule has 1 unspecified atom stereocenters. The molecule has 1 amide bonds. The molecule has 1 aliphatic heterocycles. The first-order chi connectivity index (χ1) is 9.94. The molecule has 0 aliphatic carbocycles. The van der Waals surface area contributed by atoms with Gasteiger partial charge < -0.3 is 5.32 Å². The van der Waals surface area contributed by atoms with Gasteiger partial charge in [-0.25, -0.2) is 13.1 Å². The molecular weight excluding hydrogens is 310 g/mol. The molecule has 112 valence electrons. The molecule has 21 heavy (non-hydrogen) atoms. The topological polar surface area (TPSA) is 81.1 Å². The van der Waals surface area contributed by atoms with E-state index in [1.54, 1.807) is 22.2 Å². The van der Waals surface area contributed by atoms with E-state index in [2.05, 4.69) is 10.4 Å². The van der Waals surface area contributed by atoms with Crippen LogP contribution in [0.2, 0.25) is 0 Å². The van der Waals surface area contributed by atoms with Crippen LogP contribution < -0.4 is 5.32 Å². The molecule has 1 N–H and O–H groups in total. The molecule has 3 heterocycles. The van der Waals surface area contributed by atoms with Crippen molar-refractivity contribution in [1.29, 1.82) is 0 Å². The number of aromatic nitrogens is 2. The lowest BCUT2D eigenvalue weighted by Crippen LogP contribution is -2.19. The first-order valence-electron chi connectivity index (χ1n) is 6.55. The summed E-state index contributed by atoms with van der Waals surface area (Å²) in [6.07, 6.45) is 0.533. The molecule has 6 nitrogen and oxygen atoms in total. The van der Waals surface area contributed by atoms with Crippen molar-refractivity contribution in [3.63, 3.8) is 0 Å². The summed E-state index contributed by atoms with van der Waals surface area (Å²) >= 11 is 1.45. The van der Waals surface area contributed by atoms with Gasteiger partial charge in [0.25, 0.3) is 5.91 Å². The average molecular weight is 325 g/mol. The Morgan fingerprint density at radius 3 is 2.95 bits per heavy atom. The van der Waals surface area contributed by atoms with Crippen molar-refractivity contribution in [3.05, 3.63) is 34.2 Å². The number of sulfone groups is 1. The zero-order valence-electron chi connectivity index (χ0n) is 11.4. The molecule has 0 spiro atoms. The number of nitrogens with zero attached hydrogens (tertiary/aromatic N) is 2. The third kappa shape index (κ3) is 3.01. The van der Waals surface area contributed by atoms with Gasteiger partial charge in [-0.15, -0.1) is 0 Å². The summed E-state index contributed by atoms with van der Waals surface area (Å²) in [4.78, 5) is 12.1. The van der Waals surface area contributed by atoms with Crippen molar-refractivity contribution in [2.45, 2.75) is 19.4 Å². The number of aryl methyl sites for hydroxylation is 1. The Morgan fingerprint density at radius 2 is 2.33 bits per heavy atom. The minimum absolute atomic E-state index is 0.0788. The highest BCUT2D eigenvalue weighted by Crippen LogP contribution is 2.27. The molecular formula is C13H15N3O3S2. The first kappa shape index (κ1) is 14.3. The molecule has 2 aromatic heterocycles. The molecule has 0 radical (unpaired) electrons. The molecule has 8 heteroatoms. The lowest BCUT2D eigenvalue weighted by Gasteiger charge is -2.13. The van der Waals surface area contributed by atoms with E-state index in [-0.39, 0.29) is 23.5 Å². The molecule has 1 saturated heterocycles. The molecule has 0 bridgehead atoms. The van der Waals surface area contributed by atoms with E-state index >= 15 is 0 Å². The molecule has 1 aliphatic rings. The zero-order chi connectivity index (χ0) is 15.0. The van der Waals surface area contributed by atoms with E-state index in [0.717, 1.165) is 5.69 Å². The summed E-state index contributed by atoms with van der Waals surface area (Å²) in [5.41, 5.74) is 1.34. The maximum atomic E-state index is 12.1. The Labute approximate surface area is 126 Å². The van der Waals surface area contributed by atoms with Crippen molar-refractivity contribution < 1.29 is 13.2 Å². The number of nitrogens with one attached hydrogen (secondary N) is 1. The lowest BCUT2D eigenvalue weighted by molar-refractivity contribution is 0.102. The summed E-state index contributed by atoms with van der Waals surface area (Å²) < 4.78 is 24.9. The third-order valence-electron chi connectivity index (χ3n) is 3.44. The quantitative estimate of drug-likeness (QED) is 0.934. The predicted molar refractivity (Wildman–Crippen MR) is 81.5 cm³/mol. The van der Waals surface area contributed by atoms with Gasteiger partial charge in [-0.2, -0.15) is 16.4 Å². The molecule has 0 aromatic carbocycles. The van der Waals surface area contributed by atoms with Crippen LogP contribution in [0.3, 0.4) is 0 Å². The second kappa shape index (κ2) is 5.27. The minimum Gasteiger partial charge on any atom is -0.307 e. The molecule has 2 aromatic rings. The van der Waals surface area contributed by atoms with E-state index in [0.29, 0.717) is 17.8 Å². The van der Waals surface area contributed by atoms with Crippen LogP contribution in [-0.4, -0.2) is 35.6 Å². The van der Waals surface area contributed by atoms with Gasteiger partial charge in [0.05, 0.1) is 28.8 Å². The fourth-order valence-corrected chi connectivity index (χ4v) is 4.77. The van der Waals surface area contributed by atoms with Gasteiger partial charge in [0.1, 0.15) is 5.82 Å². The van der Waals surface area contributed by atoms with E-state index < -0.39 is 9.84 Å². The van der Waals surface area contributed by atoms with Gasteiger partial charge in [0.2, 0.25) is 0 Å². The maximum absolute atomic E-state index is 12.1. The molecule has 3 rings (SSSR count). The van der Waals surface area contributed by atoms with Gasteiger partial charge in [0, 0.05) is 11.4 Å². The van der Waals surface area contributed by atoms with Crippen molar-refractivity contribution in [2.24, 2.45) is 0 Å². The Morgan fingerprint density at radius 1 is 1.52 bits per heavy atom. The second-order valence-electron chi connectivity index (χ2n) is 5.14. The fourth-order valence-electron chi connectivity index (χ4n) is 2.44. The maximum Gasteiger partial charge on any atom is 0.257 e. The lowest BCUT2D eigenvalue weighted by atomic mass is 10.2. The number of anilines is 1. The van der Waals surface area contributed by atoms with Gasteiger partial charge >= 0.3 is 0 Å². The van der Waals surface area contributed by atoms with E-state index in [1.165, 1.54) is 11.3 Å². The summed E-state index contributed by atoms with van der Waals surface area (Å²) in [7, 11) is -2.99. The van der Waals surface area contributed by atoms with Gasteiger partial charge in [-0.05, 0) is 24.8 Å². The summed E-state index contributed by atoms with van der Waals surface area (Å²) in [5.74, 6) is 0.591. The highest BCUT2D eigenvalue weighted by molar-refractivity contribution is 7.91. The monoisotopic (exact) mass is 325 g/mol. The highest BCUT2D eigenvalue weighted by atomic mass is 32.2. The fraction of sp³-hybridized carbons (Fsp3) is 0.385. The summed E-state index contributed by atoms with van der Waals surface area (Å²) in [5, 5.41) is 10.7. The van der Waals surface area contributed by atoms with Crippen molar-refractivity contribution in [2.75, 3.05) is 16.8 Å². The Balaban J connectivity index is 1.85. The number of thiophene rings is 1. The summed E-state index contributed by atoms with van der Waals surface area (Å²) in [6, 6.07) is 3.30. The van der Waals surface area contributed by atoms with Crippen molar-refractivity contribution in [3.8, 4) is 0 Å². The minimum atomic E-state index is -2.99. The van der Waals surface area contributed by atoms with Gasteiger partial charge in [-0.1, -0.05) is 0 Å². The van der Waals surface area contributed by atoms with E-state index in [9.17, 15) is 13.2 Å². The standard InChI is InChI=1S/C13H15N3O3S2/c1-9-6-12(14-13(17)10-2-4-20-7-10)16(15-9)11-3-5-21(18,19)8-11/h2,4,6-7,11H,3,5,8H2,1H3,(H,14,17). The first-order valence-corrected chi connectivity index (χ1v) is 9.31. The van der Waals surface area contributed by atoms with Crippen LogP contribution in [-0.2, 0) is 9.84 Å². The Hall–Kier alpha value is -1.67. The Kier molecular flexibility index (Phi) is 3.58. The van der Waals surface area contributed by atoms with Crippen LogP contribution >= 0.6 is 11.3 Å². The van der Waals surface area contributed by atoms with Crippen molar-refractivity contribution >= 4 is 32.9 Å². The number of rotatable bonds is 3. The number of amides is 1. The largest absolute Gasteiger partial charge is 0.307 e. The van der Waals surface area contributed by atoms with Crippen LogP contribution in [0, 0.1) is 6.92 Å². The van der Waals surface area contributed by atoms with Crippen LogP contribution in [0.25, 0.3) is 0 Å². The number of hydrogen-bond acceptors (Lipinski definition) is 5. The number of carbonyl (C=O) groups excluding carboxylic acids is 1. The molecule has 1 fully saturated rings. The van der Waals surface area contributed by atoms with E-state index in [1.807, 2.05) is 12.3 Å². The van der Waals surface area contributed by atoms with E-state index in [4.69, 9.17) is 0 Å². The SMILES string of the molecule is Cc1cc(NC(=O)c2ccsc2)n(C2CCS(=O)(=O)C2)n1. The zero-order valence-corrected chi connectivity index (χ0v) is 13.1. The highest BCUT2D eigenvalue weighted by Gasteiger charge is 2.31. The van der Waals surface area contributed by atoms with Gasteiger partial charge in [-0.3, -0.25) is 4.79 Å². The van der Waals surface area contributed by atoms with Gasteiger partial charge in [0.15, 0.2) is 9.84 Å². The second-order valence-corrected chi connectivity index (χ2v) is 8.15. The summed E-state index contributed by atoms with van der Waals surface area (Å²) in [6.45, 7) is 1.82. The van der Waals surface area contributed by atoms with Crippen LogP contribution in [0.4, 0.5) is 5.82 Å². The normalized spacial score (nSPS) is 20.5.